The molecule has 29 heavy (non-hydrogen) atoms. The maximum Gasteiger partial charge on any atom is 0.275 e. The van der Waals surface area contributed by atoms with E-state index in [-0.39, 0.29) is 11.3 Å². The minimum absolute atomic E-state index is 0.188. The van der Waals surface area contributed by atoms with Crippen LogP contribution in [0.5, 0.6) is 0 Å². The van der Waals surface area contributed by atoms with E-state index in [1.54, 1.807) is 29.9 Å². The Bertz CT molecular complexity index is 1080. The van der Waals surface area contributed by atoms with E-state index in [1.165, 1.54) is 18.7 Å². The van der Waals surface area contributed by atoms with Gasteiger partial charge in [-0.2, -0.15) is 0 Å². The number of imidazole rings is 1. The van der Waals surface area contributed by atoms with E-state index in [2.05, 4.69) is 37.1 Å². The molecule has 1 N–H and O–H groups in total. The number of rotatable bonds is 3. The van der Waals surface area contributed by atoms with E-state index >= 15 is 0 Å². The van der Waals surface area contributed by atoms with Crippen molar-refractivity contribution in [2.75, 3.05) is 36.9 Å². The molecule has 0 radical (unpaired) electrons. The van der Waals surface area contributed by atoms with E-state index in [9.17, 15) is 9.18 Å². The lowest BCUT2D eigenvalue weighted by Gasteiger charge is -2.21. The lowest BCUT2D eigenvalue weighted by atomic mass is 10.1. The zero-order valence-corrected chi connectivity index (χ0v) is 16.3. The second-order valence-corrected chi connectivity index (χ2v) is 7.91. The fourth-order valence-electron chi connectivity index (χ4n) is 4.40. The molecule has 2 aliphatic heterocycles. The van der Waals surface area contributed by atoms with Crippen LogP contribution in [0.1, 0.15) is 22.6 Å². The maximum atomic E-state index is 14.2. The van der Waals surface area contributed by atoms with E-state index < -0.39 is 11.7 Å². The predicted molar refractivity (Wildman–Crippen MR) is 107 cm³/mol. The first-order chi connectivity index (χ1) is 14.0. The van der Waals surface area contributed by atoms with E-state index in [0.29, 0.717) is 23.3 Å². The maximum absolute atomic E-state index is 14.2. The summed E-state index contributed by atoms with van der Waals surface area (Å²) in [6.07, 6.45) is 7.64. The molecule has 3 aromatic heterocycles. The lowest BCUT2D eigenvalue weighted by Crippen LogP contribution is -2.32. The molecule has 5 rings (SSSR count). The highest BCUT2D eigenvalue weighted by Crippen LogP contribution is 2.32. The number of nitrogens with one attached hydrogen (secondary N) is 1. The van der Waals surface area contributed by atoms with Crippen LogP contribution < -0.4 is 10.2 Å². The molecule has 0 saturated carbocycles. The van der Waals surface area contributed by atoms with Gasteiger partial charge in [0, 0.05) is 37.6 Å². The molecular weight excluding hydrogens is 373 g/mol. The zero-order chi connectivity index (χ0) is 20.1. The normalized spacial score (nSPS) is 21.7. The Morgan fingerprint density at radius 2 is 2.10 bits per heavy atom. The van der Waals surface area contributed by atoms with Crippen LogP contribution in [0.25, 0.3) is 5.65 Å². The number of likely N-dealkylation sites (N-methyl/N-ethyl adjacent to an activating group) is 1. The Hall–Kier alpha value is -3.07. The number of fused-ring (bicyclic) bond motifs is 2. The Kier molecular flexibility index (Phi) is 4.20. The molecule has 2 atom stereocenters. The van der Waals surface area contributed by atoms with Crippen molar-refractivity contribution in [3.05, 3.63) is 48.1 Å². The molecule has 2 fully saturated rings. The first-order valence-electron chi connectivity index (χ1n) is 9.71. The van der Waals surface area contributed by atoms with Gasteiger partial charge in [0.25, 0.3) is 5.91 Å². The molecule has 9 heteroatoms. The molecule has 2 unspecified atom stereocenters. The van der Waals surface area contributed by atoms with Crippen molar-refractivity contribution in [3.8, 4) is 0 Å². The third kappa shape index (κ3) is 3.21. The second-order valence-electron chi connectivity index (χ2n) is 7.91. The van der Waals surface area contributed by atoms with Gasteiger partial charge < -0.3 is 19.5 Å². The van der Waals surface area contributed by atoms with E-state index in [0.717, 1.165) is 25.5 Å². The average Bonchev–Trinajstić information content (AvgIpc) is 3.37. The fraction of sp³-hybridized carbons (Fsp3) is 0.400. The summed E-state index contributed by atoms with van der Waals surface area (Å²) in [5, 5.41) is 2.68. The SMILES string of the molecule is Cc1cn2cc(NC(=O)c3cnc(N4CC5CCN(C)C5C4)cn3)cc(F)c2n1. The van der Waals surface area contributed by atoms with Crippen molar-refractivity contribution >= 4 is 23.1 Å². The number of aryl methyl sites for hydroxylation is 1. The summed E-state index contributed by atoms with van der Waals surface area (Å²) in [5.74, 6) is 0.520. The predicted octanol–water partition coefficient (Wildman–Crippen LogP) is 1.96. The molecule has 8 nitrogen and oxygen atoms in total. The summed E-state index contributed by atoms with van der Waals surface area (Å²) in [6, 6.07) is 1.82. The van der Waals surface area contributed by atoms with Gasteiger partial charge in [-0.1, -0.05) is 0 Å². The summed E-state index contributed by atoms with van der Waals surface area (Å²) in [5.41, 5.74) is 1.45. The monoisotopic (exact) mass is 395 g/mol. The van der Waals surface area contributed by atoms with Gasteiger partial charge in [-0.25, -0.2) is 19.3 Å². The smallest absolute Gasteiger partial charge is 0.275 e. The van der Waals surface area contributed by atoms with Crippen LogP contribution in [-0.2, 0) is 0 Å². The van der Waals surface area contributed by atoms with Crippen LogP contribution in [-0.4, -0.2) is 62.9 Å². The van der Waals surface area contributed by atoms with Crippen molar-refractivity contribution in [2.24, 2.45) is 5.92 Å². The molecular formula is C20H22FN7O. The van der Waals surface area contributed by atoms with Crippen LogP contribution in [0, 0.1) is 18.7 Å². The molecule has 0 aromatic carbocycles. The van der Waals surface area contributed by atoms with Gasteiger partial charge >= 0.3 is 0 Å². The number of halogens is 1. The average molecular weight is 395 g/mol. The molecule has 150 valence electrons. The van der Waals surface area contributed by atoms with Gasteiger partial charge in [0.1, 0.15) is 11.5 Å². The number of carbonyl (C=O) groups excluding carboxylic acids is 1. The standard InChI is InChI=1S/C20H22FN7O/c1-12-8-28-10-14(5-15(21)19(28)24-12)25-20(29)16-6-23-18(7-22-16)27-9-13-3-4-26(2)17(13)11-27/h5-8,10,13,17H,3-4,9,11H2,1-2H3,(H,25,29). The molecule has 2 aliphatic rings. The third-order valence-electron chi connectivity index (χ3n) is 5.90. The Balaban J connectivity index is 1.30. The highest BCUT2D eigenvalue weighted by atomic mass is 19.1. The molecule has 0 bridgehead atoms. The fourth-order valence-corrected chi connectivity index (χ4v) is 4.40. The summed E-state index contributed by atoms with van der Waals surface area (Å²) < 4.78 is 15.7. The van der Waals surface area contributed by atoms with E-state index in [1.807, 2.05) is 0 Å². The van der Waals surface area contributed by atoms with Gasteiger partial charge in [-0.15, -0.1) is 0 Å². The number of amides is 1. The quantitative estimate of drug-likeness (QED) is 0.731. The summed E-state index contributed by atoms with van der Waals surface area (Å²) in [7, 11) is 2.17. The minimum atomic E-state index is -0.498. The number of anilines is 2. The lowest BCUT2D eigenvalue weighted by molar-refractivity contribution is 0.102. The molecule has 1 amide bonds. The molecule has 0 spiro atoms. The van der Waals surface area contributed by atoms with Crippen molar-refractivity contribution in [2.45, 2.75) is 19.4 Å². The number of pyridine rings is 1. The molecule has 5 heterocycles. The van der Waals surface area contributed by atoms with Crippen LogP contribution in [0.15, 0.2) is 30.9 Å². The summed E-state index contributed by atoms with van der Waals surface area (Å²) in [6.45, 7) is 4.84. The second kappa shape index (κ2) is 6.77. The Labute approximate surface area is 167 Å². The first-order valence-corrected chi connectivity index (χ1v) is 9.71. The van der Waals surface area contributed by atoms with Gasteiger partial charge in [0.05, 0.1) is 23.8 Å². The van der Waals surface area contributed by atoms with Crippen LogP contribution >= 0.6 is 0 Å². The highest BCUT2D eigenvalue weighted by Gasteiger charge is 2.40. The number of nitrogens with zero attached hydrogens (tertiary/aromatic N) is 6. The van der Waals surface area contributed by atoms with Gasteiger partial charge in [0.2, 0.25) is 0 Å². The highest BCUT2D eigenvalue weighted by molar-refractivity contribution is 6.02. The topological polar surface area (TPSA) is 78.7 Å². The Morgan fingerprint density at radius 1 is 1.24 bits per heavy atom. The number of hydrogen-bond donors (Lipinski definition) is 1. The summed E-state index contributed by atoms with van der Waals surface area (Å²) in [4.78, 5) is 30.0. The van der Waals surface area contributed by atoms with Crippen molar-refractivity contribution < 1.29 is 9.18 Å². The number of likely N-dealkylation sites (tertiary alicyclic amines) is 1. The van der Waals surface area contributed by atoms with Gasteiger partial charge in [0.15, 0.2) is 11.5 Å². The largest absolute Gasteiger partial charge is 0.353 e. The third-order valence-corrected chi connectivity index (χ3v) is 5.90. The molecule has 3 aromatic rings. The van der Waals surface area contributed by atoms with Gasteiger partial charge in [-0.05, 0) is 32.9 Å². The number of carbonyl (C=O) groups is 1. The van der Waals surface area contributed by atoms with Crippen LogP contribution in [0.3, 0.4) is 0 Å². The van der Waals surface area contributed by atoms with Crippen molar-refractivity contribution in [1.29, 1.82) is 0 Å². The van der Waals surface area contributed by atoms with Crippen molar-refractivity contribution in [1.82, 2.24) is 24.3 Å². The van der Waals surface area contributed by atoms with Crippen molar-refractivity contribution in [3.63, 3.8) is 0 Å². The van der Waals surface area contributed by atoms with Crippen LogP contribution in [0.2, 0.25) is 0 Å². The molecule has 0 aliphatic carbocycles. The minimum Gasteiger partial charge on any atom is -0.353 e. The number of hydrogen-bond acceptors (Lipinski definition) is 6. The summed E-state index contributed by atoms with van der Waals surface area (Å²) >= 11 is 0. The van der Waals surface area contributed by atoms with Gasteiger partial charge in [-0.3, -0.25) is 4.79 Å². The number of aromatic nitrogens is 4. The molecule has 2 saturated heterocycles. The Morgan fingerprint density at radius 3 is 2.86 bits per heavy atom. The van der Waals surface area contributed by atoms with E-state index in [4.69, 9.17) is 0 Å². The first kappa shape index (κ1) is 18.0. The van der Waals surface area contributed by atoms with Crippen LogP contribution in [0.4, 0.5) is 15.9 Å². The zero-order valence-electron chi connectivity index (χ0n) is 16.3.